The maximum absolute atomic E-state index is 9.02. The second-order valence-electron chi connectivity index (χ2n) is 2.51. The van der Waals surface area contributed by atoms with Crippen LogP contribution >= 0.6 is 0 Å². The summed E-state index contributed by atoms with van der Waals surface area (Å²) < 4.78 is 5.05. The van der Waals surface area contributed by atoms with Crippen molar-refractivity contribution in [2.45, 2.75) is 31.7 Å². The average molecular weight is 196 g/mol. The van der Waals surface area contributed by atoms with Crippen LogP contribution in [-0.2, 0) is 4.74 Å². The zero-order valence-electron chi connectivity index (χ0n) is 8.34. The Kier molecular flexibility index (Phi) is 11.6. The lowest BCUT2D eigenvalue weighted by molar-refractivity contribution is -0.115. The number of aliphatic hydroxyl groups is 4. The first-order valence-electron chi connectivity index (χ1n) is 4.07. The van der Waals surface area contributed by atoms with Crippen LogP contribution in [0.5, 0.6) is 0 Å². The van der Waals surface area contributed by atoms with E-state index in [1.54, 1.807) is 0 Å². The van der Waals surface area contributed by atoms with E-state index in [-0.39, 0.29) is 12.7 Å². The fraction of sp³-hybridized carbons (Fsp3) is 1.00. The van der Waals surface area contributed by atoms with Crippen LogP contribution in [0, 0.1) is 0 Å². The Bertz CT molecular complexity index is 98.5. The Hall–Kier alpha value is -0.200. The summed E-state index contributed by atoms with van der Waals surface area (Å²) in [5, 5.41) is 31.9. The Morgan fingerprint density at radius 2 is 1.46 bits per heavy atom. The van der Waals surface area contributed by atoms with Gasteiger partial charge in [0.25, 0.3) is 0 Å². The highest BCUT2D eigenvalue weighted by atomic mass is 16.5. The minimum absolute atomic E-state index is 0.0865. The minimum atomic E-state index is -0.679. The molecule has 0 aromatic carbocycles. The van der Waals surface area contributed by atoms with Gasteiger partial charge in [0.05, 0.1) is 18.8 Å². The smallest absolute Gasteiger partial charge is 0.103 e. The number of hydrogen-bond donors (Lipinski definition) is 4. The van der Waals surface area contributed by atoms with Gasteiger partial charge in [-0.1, -0.05) is 0 Å². The molecule has 0 radical (unpaired) electrons. The normalized spacial score (nSPS) is 32.1. The monoisotopic (exact) mass is 196 g/mol. The quantitative estimate of drug-likeness (QED) is 0.388. The predicted molar refractivity (Wildman–Crippen MR) is 48.3 cm³/mol. The van der Waals surface area contributed by atoms with Crippen LogP contribution in [0.2, 0.25) is 0 Å². The van der Waals surface area contributed by atoms with Gasteiger partial charge in [0.2, 0.25) is 0 Å². The van der Waals surface area contributed by atoms with Crippen molar-refractivity contribution < 1.29 is 25.2 Å². The van der Waals surface area contributed by atoms with Gasteiger partial charge >= 0.3 is 0 Å². The van der Waals surface area contributed by atoms with Gasteiger partial charge in [-0.15, -0.1) is 0 Å². The largest absolute Gasteiger partial charge is 0.400 e. The van der Waals surface area contributed by atoms with Crippen LogP contribution in [0.1, 0.15) is 13.3 Å². The second kappa shape index (κ2) is 9.88. The van der Waals surface area contributed by atoms with E-state index in [2.05, 4.69) is 0 Å². The van der Waals surface area contributed by atoms with Crippen molar-refractivity contribution in [2.75, 3.05) is 20.8 Å². The molecule has 82 valence electrons. The molecule has 13 heavy (non-hydrogen) atoms. The van der Waals surface area contributed by atoms with Gasteiger partial charge in [-0.3, -0.25) is 0 Å². The van der Waals surface area contributed by atoms with E-state index < -0.39 is 12.2 Å². The minimum Gasteiger partial charge on any atom is -0.400 e. The third-order valence-corrected chi connectivity index (χ3v) is 1.57. The molecule has 1 aliphatic heterocycles. The van der Waals surface area contributed by atoms with Gasteiger partial charge in [-0.05, 0) is 6.92 Å². The topological polar surface area (TPSA) is 90.2 Å². The molecule has 1 aliphatic rings. The second-order valence-corrected chi connectivity index (χ2v) is 2.51. The van der Waals surface area contributed by atoms with E-state index in [4.69, 9.17) is 25.2 Å². The van der Waals surface area contributed by atoms with Crippen molar-refractivity contribution in [3.05, 3.63) is 0 Å². The summed E-state index contributed by atoms with van der Waals surface area (Å²) in [7, 11) is 2.00. The summed E-state index contributed by atoms with van der Waals surface area (Å²) >= 11 is 0. The molecular formula is C8H20O5. The summed E-state index contributed by atoms with van der Waals surface area (Å²) in [6.45, 7) is 2.15. The van der Waals surface area contributed by atoms with Crippen LogP contribution in [-0.4, -0.2) is 59.6 Å². The first-order chi connectivity index (χ1) is 6.20. The van der Waals surface area contributed by atoms with E-state index in [9.17, 15) is 0 Å². The molecule has 5 heteroatoms. The van der Waals surface area contributed by atoms with Gasteiger partial charge in [-0.25, -0.2) is 0 Å². The zero-order valence-corrected chi connectivity index (χ0v) is 8.34. The van der Waals surface area contributed by atoms with Crippen LogP contribution in [0.4, 0.5) is 0 Å². The van der Waals surface area contributed by atoms with Crippen LogP contribution < -0.4 is 0 Å². The lowest BCUT2D eigenvalue weighted by atomic mass is 10.1. The molecule has 0 bridgehead atoms. The van der Waals surface area contributed by atoms with E-state index in [1.807, 2.05) is 6.92 Å². The van der Waals surface area contributed by atoms with Crippen LogP contribution in [0.3, 0.4) is 0 Å². The summed E-state index contributed by atoms with van der Waals surface area (Å²) in [5.74, 6) is 0. The summed E-state index contributed by atoms with van der Waals surface area (Å²) in [6, 6.07) is 0. The Labute approximate surface area is 78.6 Å². The van der Waals surface area contributed by atoms with Crippen LogP contribution in [0.25, 0.3) is 0 Å². The average Bonchev–Trinajstić information content (AvgIpc) is 2.18. The molecule has 0 aliphatic carbocycles. The number of ether oxygens (including phenoxy) is 1. The maximum Gasteiger partial charge on any atom is 0.103 e. The molecule has 0 amide bonds. The van der Waals surface area contributed by atoms with Crippen molar-refractivity contribution in [1.82, 2.24) is 0 Å². The Morgan fingerprint density at radius 1 is 1.00 bits per heavy atom. The van der Waals surface area contributed by atoms with Crippen molar-refractivity contribution in [2.24, 2.45) is 0 Å². The SMILES string of the molecule is CC1CC(O)C(O)CO1.CO.CO. The lowest BCUT2D eigenvalue weighted by Crippen LogP contribution is -2.39. The van der Waals surface area contributed by atoms with E-state index in [1.165, 1.54) is 0 Å². The van der Waals surface area contributed by atoms with Crippen molar-refractivity contribution in [3.63, 3.8) is 0 Å². The van der Waals surface area contributed by atoms with E-state index in [0.29, 0.717) is 6.42 Å². The van der Waals surface area contributed by atoms with Crippen molar-refractivity contribution >= 4 is 0 Å². The highest BCUT2D eigenvalue weighted by Crippen LogP contribution is 2.12. The van der Waals surface area contributed by atoms with Crippen molar-refractivity contribution in [1.29, 1.82) is 0 Å². The fourth-order valence-corrected chi connectivity index (χ4v) is 0.939. The van der Waals surface area contributed by atoms with Crippen LogP contribution in [0.15, 0.2) is 0 Å². The van der Waals surface area contributed by atoms with E-state index in [0.717, 1.165) is 14.2 Å². The summed E-state index contributed by atoms with van der Waals surface area (Å²) in [6.07, 6.45) is -0.639. The third-order valence-electron chi connectivity index (χ3n) is 1.57. The first kappa shape index (κ1) is 15.3. The van der Waals surface area contributed by atoms with Gasteiger partial charge in [0, 0.05) is 20.6 Å². The molecule has 1 saturated heterocycles. The molecule has 4 N–H and O–H groups in total. The molecular weight excluding hydrogens is 176 g/mol. The summed E-state index contributed by atoms with van der Waals surface area (Å²) in [5.41, 5.74) is 0. The lowest BCUT2D eigenvalue weighted by Gasteiger charge is -2.27. The number of aliphatic hydroxyl groups excluding tert-OH is 4. The van der Waals surface area contributed by atoms with Gasteiger partial charge in [0.1, 0.15) is 6.10 Å². The molecule has 0 aromatic heterocycles. The highest BCUT2D eigenvalue weighted by molar-refractivity contribution is 4.74. The van der Waals surface area contributed by atoms with E-state index >= 15 is 0 Å². The highest BCUT2D eigenvalue weighted by Gasteiger charge is 2.25. The molecule has 3 unspecified atom stereocenters. The predicted octanol–water partition coefficient (Wildman–Crippen LogP) is -1.27. The van der Waals surface area contributed by atoms with Gasteiger partial charge in [-0.2, -0.15) is 0 Å². The summed E-state index contributed by atoms with van der Waals surface area (Å²) in [4.78, 5) is 0. The molecule has 1 heterocycles. The molecule has 5 nitrogen and oxygen atoms in total. The molecule has 1 rings (SSSR count). The third kappa shape index (κ3) is 6.92. The van der Waals surface area contributed by atoms with Gasteiger partial charge in [0.15, 0.2) is 0 Å². The van der Waals surface area contributed by atoms with Crippen molar-refractivity contribution in [3.8, 4) is 0 Å². The zero-order chi connectivity index (χ0) is 10.9. The molecule has 0 spiro atoms. The Morgan fingerprint density at radius 3 is 1.77 bits per heavy atom. The standard InChI is InChI=1S/C6H12O3.2CH4O/c1-4-2-5(7)6(8)3-9-4;2*1-2/h4-8H,2-3H2,1H3;2*2H,1H3. The first-order valence-corrected chi connectivity index (χ1v) is 4.07. The van der Waals surface area contributed by atoms with Gasteiger partial charge < -0.3 is 25.2 Å². The number of hydrogen-bond acceptors (Lipinski definition) is 5. The number of rotatable bonds is 0. The molecule has 0 saturated carbocycles. The maximum atomic E-state index is 9.02. The molecule has 3 atom stereocenters. The molecule has 1 fully saturated rings. The Balaban J connectivity index is 0. The fourth-order valence-electron chi connectivity index (χ4n) is 0.939. The molecule has 0 aromatic rings.